The Labute approximate surface area is 155 Å². The molecule has 146 valence electrons. The number of carbonyl (C=O) groups is 3. The van der Waals surface area contributed by atoms with E-state index in [2.05, 4.69) is 13.8 Å². The van der Waals surface area contributed by atoms with Gasteiger partial charge in [-0.1, -0.05) is 34.1 Å². The smallest absolute Gasteiger partial charge is 0.302 e. The monoisotopic (exact) mass is 364 g/mol. The van der Waals surface area contributed by atoms with Crippen LogP contribution in [-0.4, -0.2) is 34.9 Å². The molecule has 0 saturated heterocycles. The van der Waals surface area contributed by atoms with Gasteiger partial charge in [-0.05, 0) is 42.4 Å². The average molecular weight is 364 g/mol. The standard InChI is InChI=1S/C21H32O5/c1-10(2)15-18(23)17-14(26-11(3)22)9-13-12(7-6-8-21(13,4)5)16(17)20(25)19(15)24/h10,12-17,19,24H,6-9H2,1-5H3/t12-,13+,14+,15-,16-,17-,19+/m0/s1. The van der Waals surface area contributed by atoms with E-state index in [4.69, 9.17) is 4.74 Å². The summed E-state index contributed by atoms with van der Waals surface area (Å²) in [5.41, 5.74) is 0.0372. The fraction of sp³-hybridized carbons (Fsp3) is 0.857. The molecule has 1 N–H and O–H groups in total. The second kappa shape index (κ2) is 6.74. The molecule has 0 aromatic rings. The summed E-state index contributed by atoms with van der Waals surface area (Å²) in [5, 5.41) is 10.6. The molecule has 3 fully saturated rings. The maximum atomic E-state index is 13.3. The van der Waals surface area contributed by atoms with Crippen LogP contribution < -0.4 is 0 Å². The van der Waals surface area contributed by atoms with Crippen molar-refractivity contribution >= 4 is 17.5 Å². The van der Waals surface area contributed by atoms with Crippen molar-refractivity contribution in [2.24, 2.45) is 40.9 Å². The van der Waals surface area contributed by atoms with Crippen molar-refractivity contribution in [3.8, 4) is 0 Å². The van der Waals surface area contributed by atoms with Crippen LogP contribution in [0.2, 0.25) is 0 Å². The van der Waals surface area contributed by atoms with Gasteiger partial charge in [-0.25, -0.2) is 0 Å². The van der Waals surface area contributed by atoms with Crippen LogP contribution in [0.15, 0.2) is 0 Å². The summed E-state index contributed by atoms with van der Waals surface area (Å²) >= 11 is 0. The molecule has 0 amide bonds. The summed E-state index contributed by atoms with van der Waals surface area (Å²) in [6, 6.07) is 0. The molecular weight excluding hydrogens is 332 g/mol. The van der Waals surface area contributed by atoms with Gasteiger partial charge in [-0.3, -0.25) is 14.4 Å². The van der Waals surface area contributed by atoms with Gasteiger partial charge >= 0.3 is 5.97 Å². The maximum absolute atomic E-state index is 13.3. The van der Waals surface area contributed by atoms with Crippen LogP contribution in [0.3, 0.4) is 0 Å². The van der Waals surface area contributed by atoms with E-state index < -0.39 is 35.9 Å². The van der Waals surface area contributed by atoms with Crippen LogP contribution in [0.4, 0.5) is 0 Å². The molecule has 7 atom stereocenters. The minimum absolute atomic E-state index is 0.0372. The Morgan fingerprint density at radius 3 is 2.42 bits per heavy atom. The van der Waals surface area contributed by atoms with Crippen LogP contribution in [-0.2, 0) is 19.1 Å². The number of aliphatic hydroxyl groups excluding tert-OH is 1. The fourth-order valence-corrected chi connectivity index (χ4v) is 6.11. The van der Waals surface area contributed by atoms with Crippen molar-refractivity contribution < 1.29 is 24.2 Å². The lowest BCUT2D eigenvalue weighted by molar-refractivity contribution is -0.184. The Bertz CT molecular complexity index is 608. The highest BCUT2D eigenvalue weighted by molar-refractivity contribution is 6.01. The third kappa shape index (κ3) is 3.02. The van der Waals surface area contributed by atoms with Crippen molar-refractivity contribution in [2.75, 3.05) is 0 Å². The molecule has 0 spiro atoms. The summed E-state index contributed by atoms with van der Waals surface area (Å²) < 4.78 is 5.59. The highest BCUT2D eigenvalue weighted by Crippen LogP contribution is 2.57. The second-order valence-electron chi connectivity index (χ2n) is 9.61. The lowest BCUT2D eigenvalue weighted by Gasteiger charge is -2.56. The number of hydrogen-bond acceptors (Lipinski definition) is 5. The first-order chi connectivity index (χ1) is 12.1. The van der Waals surface area contributed by atoms with Gasteiger partial charge in [0.1, 0.15) is 18.0 Å². The molecule has 0 aromatic heterocycles. The zero-order valence-electron chi connectivity index (χ0n) is 16.5. The van der Waals surface area contributed by atoms with E-state index in [9.17, 15) is 19.5 Å². The average Bonchev–Trinajstić information content (AvgIpc) is 2.51. The molecule has 26 heavy (non-hydrogen) atoms. The van der Waals surface area contributed by atoms with E-state index >= 15 is 0 Å². The van der Waals surface area contributed by atoms with Gasteiger partial charge in [0.15, 0.2) is 5.78 Å². The molecule has 3 saturated carbocycles. The van der Waals surface area contributed by atoms with Gasteiger partial charge in [0.25, 0.3) is 0 Å². The highest BCUT2D eigenvalue weighted by Gasteiger charge is 2.61. The predicted molar refractivity (Wildman–Crippen MR) is 96.1 cm³/mol. The lowest BCUT2D eigenvalue weighted by atomic mass is 9.49. The van der Waals surface area contributed by atoms with Crippen LogP contribution in [0.1, 0.15) is 60.3 Å². The zero-order chi connectivity index (χ0) is 19.4. The topological polar surface area (TPSA) is 80.7 Å². The van der Waals surface area contributed by atoms with E-state index in [1.165, 1.54) is 6.92 Å². The molecule has 0 bridgehead atoms. The zero-order valence-corrected chi connectivity index (χ0v) is 16.5. The van der Waals surface area contributed by atoms with E-state index in [-0.39, 0.29) is 34.7 Å². The predicted octanol–water partition coefficient (Wildman–Crippen LogP) is 2.78. The summed E-state index contributed by atoms with van der Waals surface area (Å²) in [6.07, 6.45) is 1.85. The number of hydrogen-bond donors (Lipinski definition) is 1. The molecular formula is C21H32O5. The quantitative estimate of drug-likeness (QED) is 0.762. The van der Waals surface area contributed by atoms with Crippen molar-refractivity contribution in [2.45, 2.75) is 72.5 Å². The second-order valence-corrected chi connectivity index (χ2v) is 9.61. The maximum Gasteiger partial charge on any atom is 0.302 e. The first-order valence-corrected chi connectivity index (χ1v) is 9.99. The van der Waals surface area contributed by atoms with Gasteiger partial charge < -0.3 is 9.84 Å². The molecule has 0 aliphatic heterocycles. The number of ketones is 2. The molecule has 0 heterocycles. The van der Waals surface area contributed by atoms with Gasteiger partial charge in [0, 0.05) is 12.8 Å². The third-order valence-corrected chi connectivity index (χ3v) is 7.27. The van der Waals surface area contributed by atoms with E-state index in [0.717, 1.165) is 19.3 Å². The van der Waals surface area contributed by atoms with E-state index in [0.29, 0.717) is 6.42 Å². The Kier molecular flexibility index (Phi) is 5.06. The molecule has 3 rings (SSSR count). The van der Waals surface area contributed by atoms with Crippen LogP contribution in [0.25, 0.3) is 0 Å². The normalized spacial score (nSPS) is 42.2. The van der Waals surface area contributed by atoms with Crippen LogP contribution in [0.5, 0.6) is 0 Å². The number of ether oxygens (including phenoxy) is 1. The molecule has 3 aliphatic carbocycles. The summed E-state index contributed by atoms with van der Waals surface area (Å²) in [7, 11) is 0. The minimum Gasteiger partial charge on any atom is -0.462 e. The van der Waals surface area contributed by atoms with Gasteiger partial charge in [0.2, 0.25) is 0 Å². The Morgan fingerprint density at radius 1 is 1.19 bits per heavy atom. The number of rotatable bonds is 2. The third-order valence-electron chi connectivity index (χ3n) is 7.27. The number of aliphatic hydroxyl groups is 1. The number of carbonyl (C=O) groups excluding carboxylic acids is 3. The van der Waals surface area contributed by atoms with E-state index in [1.54, 1.807) is 0 Å². The molecule has 0 radical (unpaired) electrons. The SMILES string of the molecule is CC(=O)O[C@@H]1C[C@@H]2[C@H](CCCC2(C)C)[C@@H]2C(=O)[C@H](O)[C@@H](C(C)C)C(=O)[C@H]21. The van der Waals surface area contributed by atoms with Gasteiger partial charge in [-0.15, -0.1) is 0 Å². The first-order valence-electron chi connectivity index (χ1n) is 9.99. The fourth-order valence-electron chi connectivity index (χ4n) is 6.11. The summed E-state index contributed by atoms with van der Waals surface area (Å²) in [6.45, 7) is 9.48. The number of fused-ring (bicyclic) bond motifs is 3. The number of Topliss-reactive ketones (excluding diaryl/α,β-unsaturated/α-hetero) is 2. The minimum atomic E-state index is -1.23. The van der Waals surface area contributed by atoms with Crippen molar-refractivity contribution in [3.05, 3.63) is 0 Å². The Balaban J connectivity index is 2.05. The van der Waals surface area contributed by atoms with Crippen LogP contribution in [0, 0.1) is 40.9 Å². The Hall–Kier alpha value is -1.23. The van der Waals surface area contributed by atoms with Gasteiger partial charge in [0.05, 0.1) is 11.8 Å². The molecule has 3 aliphatic rings. The molecule has 5 heteroatoms. The van der Waals surface area contributed by atoms with E-state index in [1.807, 2.05) is 13.8 Å². The largest absolute Gasteiger partial charge is 0.462 e. The first kappa shape index (κ1) is 19.5. The highest BCUT2D eigenvalue weighted by atomic mass is 16.5. The number of esters is 1. The summed E-state index contributed by atoms with van der Waals surface area (Å²) in [5.74, 6) is -2.34. The Morgan fingerprint density at radius 2 is 1.85 bits per heavy atom. The van der Waals surface area contributed by atoms with Crippen LogP contribution >= 0.6 is 0 Å². The van der Waals surface area contributed by atoms with Crippen molar-refractivity contribution in [1.82, 2.24) is 0 Å². The lowest BCUT2D eigenvalue weighted by Crippen LogP contribution is -2.63. The molecule has 5 nitrogen and oxygen atoms in total. The van der Waals surface area contributed by atoms with Gasteiger partial charge in [-0.2, -0.15) is 0 Å². The summed E-state index contributed by atoms with van der Waals surface area (Å²) in [4.78, 5) is 38.2. The van der Waals surface area contributed by atoms with Crippen molar-refractivity contribution in [1.29, 1.82) is 0 Å². The van der Waals surface area contributed by atoms with Crippen molar-refractivity contribution in [3.63, 3.8) is 0 Å². The molecule has 0 aromatic carbocycles. The molecule has 0 unspecified atom stereocenters.